The van der Waals surface area contributed by atoms with Gasteiger partial charge in [0.15, 0.2) is 22.4 Å². The van der Waals surface area contributed by atoms with E-state index in [9.17, 15) is 9.59 Å². The first-order valence-electron chi connectivity index (χ1n) is 22.8. The van der Waals surface area contributed by atoms with Crippen LogP contribution in [0.5, 0.6) is 5.75 Å². The molecule has 0 radical (unpaired) electrons. The zero-order valence-corrected chi connectivity index (χ0v) is 44.9. The van der Waals surface area contributed by atoms with Gasteiger partial charge in [0, 0.05) is 49.2 Å². The zero-order valence-electron chi connectivity index (χ0n) is 41.0. The molecule has 1 aromatic carbocycles. The number of hydrogen-bond acceptors (Lipinski definition) is 18. The number of allylic oxidation sites excluding steroid dienone is 5. The molecule has 1 aliphatic rings. The second-order valence-electron chi connectivity index (χ2n) is 17.5. The molecular formula is C46H56Br2ClN18O6+. The Bertz CT molecular complexity index is 2990. The molecule has 0 saturated carbocycles. The third-order valence-electron chi connectivity index (χ3n) is 9.14. The molecule has 7 aromatic rings. The van der Waals surface area contributed by atoms with E-state index in [-0.39, 0.29) is 5.28 Å². The summed E-state index contributed by atoms with van der Waals surface area (Å²) in [6, 6.07) is 7.55. The summed E-state index contributed by atoms with van der Waals surface area (Å²) in [6.45, 7) is 14.5. The lowest BCUT2D eigenvalue weighted by Gasteiger charge is -2.19. The van der Waals surface area contributed by atoms with Gasteiger partial charge in [0.25, 0.3) is 5.76 Å². The Kier molecular flexibility index (Phi) is 19.9. The molecule has 27 heteroatoms. The summed E-state index contributed by atoms with van der Waals surface area (Å²) < 4.78 is 28.1. The number of anilines is 3. The van der Waals surface area contributed by atoms with Crippen molar-refractivity contribution in [3.8, 4) is 11.4 Å². The molecule has 24 nitrogen and oxygen atoms in total. The van der Waals surface area contributed by atoms with Crippen LogP contribution in [0, 0.1) is 6.08 Å². The summed E-state index contributed by atoms with van der Waals surface area (Å²) in [5, 5.41) is 35.1. The molecule has 0 bridgehead atoms. The normalized spacial score (nSPS) is 12.1. The minimum atomic E-state index is -0.516. The number of nitrogens with one attached hydrogen (secondary N) is 3. The highest BCUT2D eigenvalue weighted by atomic mass is 79.9. The van der Waals surface area contributed by atoms with E-state index < -0.39 is 23.4 Å². The van der Waals surface area contributed by atoms with Gasteiger partial charge in [-0.3, -0.25) is 9.36 Å². The molecule has 2 amide bonds. The number of carbonyl (C=O) groups is 2. The molecule has 5 N–H and O–H groups in total. The summed E-state index contributed by atoms with van der Waals surface area (Å²) in [5.41, 5.74) is 9.79. The van der Waals surface area contributed by atoms with Crippen molar-refractivity contribution < 1.29 is 28.5 Å². The zero-order chi connectivity index (χ0) is 52.4. The Labute approximate surface area is 442 Å². The van der Waals surface area contributed by atoms with E-state index >= 15 is 0 Å². The molecule has 0 unspecified atom stereocenters. The second kappa shape index (κ2) is 26.4. The van der Waals surface area contributed by atoms with Crippen LogP contribution < -0.4 is 26.4 Å². The average molecular weight is 1150 g/mol. The van der Waals surface area contributed by atoms with Crippen molar-refractivity contribution in [2.24, 2.45) is 0 Å². The van der Waals surface area contributed by atoms with Gasteiger partial charge in [-0.1, -0.05) is 37.1 Å². The lowest BCUT2D eigenvalue weighted by Crippen LogP contribution is -2.33. The number of rotatable bonds is 18. The van der Waals surface area contributed by atoms with Gasteiger partial charge in [0.2, 0.25) is 16.9 Å². The van der Waals surface area contributed by atoms with Crippen molar-refractivity contribution in [2.75, 3.05) is 48.0 Å². The maximum absolute atomic E-state index is 11.7. The van der Waals surface area contributed by atoms with Gasteiger partial charge in [-0.25, -0.2) is 19.6 Å². The predicted octanol–water partition coefficient (Wildman–Crippen LogP) is 7.60. The maximum atomic E-state index is 11.7. The maximum Gasteiger partial charge on any atom is 0.407 e. The monoisotopic (exact) mass is 1150 g/mol. The molecule has 386 valence electrons. The number of ether oxygens (including phenoxy) is 4. The molecule has 6 heterocycles. The van der Waals surface area contributed by atoms with Crippen LogP contribution in [0.4, 0.5) is 26.9 Å². The molecule has 0 saturated heterocycles. The number of hydrogen-bond donors (Lipinski definition) is 4. The number of alkyl halides is 2. The van der Waals surface area contributed by atoms with E-state index in [1.54, 1.807) is 49.6 Å². The lowest BCUT2D eigenvalue weighted by molar-refractivity contribution is 0.0515. The van der Waals surface area contributed by atoms with Gasteiger partial charge in [-0.2, -0.15) is 24.8 Å². The van der Waals surface area contributed by atoms with Gasteiger partial charge >= 0.3 is 12.2 Å². The van der Waals surface area contributed by atoms with E-state index in [4.69, 9.17) is 36.3 Å². The number of aryl methyl sites for hydroxylation is 2. The number of alkyl carbamates (subject to hydrolysis) is 2. The Morgan fingerprint density at radius 3 is 1.92 bits per heavy atom. The van der Waals surface area contributed by atoms with E-state index in [1.165, 1.54) is 6.20 Å². The van der Waals surface area contributed by atoms with Crippen LogP contribution in [0.15, 0.2) is 85.4 Å². The fourth-order valence-electron chi connectivity index (χ4n) is 6.13. The van der Waals surface area contributed by atoms with Gasteiger partial charge < -0.3 is 40.6 Å². The van der Waals surface area contributed by atoms with Gasteiger partial charge in [-0.05, 0) is 95.5 Å². The van der Waals surface area contributed by atoms with Crippen LogP contribution in [0.25, 0.3) is 33.7 Å². The van der Waals surface area contributed by atoms with E-state index in [2.05, 4.69) is 105 Å². The Hall–Kier alpha value is -7.28. The van der Waals surface area contributed by atoms with E-state index in [1.807, 2.05) is 84.2 Å². The molecule has 0 atom stereocenters. The van der Waals surface area contributed by atoms with Crippen molar-refractivity contribution in [3.63, 3.8) is 0 Å². The Morgan fingerprint density at radius 2 is 1.33 bits per heavy atom. The van der Waals surface area contributed by atoms with Gasteiger partial charge in [-0.15, -0.1) is 14.9 Å². The first-order valence-corrected chi connectivity index (χ1v) is 25.4. The van der Waals surface area contributed by atoms with Crippen LogP contribution in [-0.2, 0) is 27.3 Å². The first-order chi connectivity index (χ1) is 34.9. The number of amides is 2. The van der Waals surface area contributed by atoms with Crippen molar-refractivity contribution in [2.45, 2.75) is 78.7 Å². The topological polar surface area (TPSA) is 282 Å². The Balaban J connectivity index is 0.000000198. The minimum Gasteiger partial charge on any atom is -0.493 e. The molecule has 0 aliphatic heterocycles. The SMILES string of the molecule is CC(C)(C)OC(=O)NCCCn1cc(N)cn1.CC(C)(C)OC(=O)NCCCn1cc(Nc2ncc3nnn(-c4ccc(OCCBr)cc4)c3n2)cn1.Clc1ncc2nnn(C3=C[C+]=C(OCCBr)C=C3)c2n1. The number of halogens is 3. The molecule has 0 spiro atoms. The van der Waals surface area contributed by atoms with Gasteiger partial charge in [0.1, 0.15) is 29.6 Å². The van der Waals surface area contributed by atoms with Crippen molar-refractivity contribution in [3.05, 3.63) is 96.8 Å². The highest BCUT2D eigenvalue weighted by Crippen LogP contribution is 2.22. The summed E-state index contributed by atoms with van der Waals surface area (Å²) in [4.78, 5) is 39.9. The quantitative estimate of drug-likeness (QED) is 0.0278. The summed E-state index contributed by atoms with van der Waals surface area (Å²) >= 11 is 12.4. The fraction of sp³-hybridized carbons (Fsp3) is 0.391. The van der Waals surface area contributed by atoms with Crippen molar-refractivity contribution in [1.82, 2.24) is 80.1 Å². The smallest absolute Gasteiger partial charge is 0.407 e. The van der Waals surface area contributed by atoms with Crippen LogP contribution in [0.2, 0.25) is 5.28 Å². The number of nitrogens with two attached hydrogens (primary N) is 1. The van der Waals surface area contributed by atoms with Crippen molar-refractivity contribution in [1.29, 1.82) is 0 Å². The fourth-order valence-corrected chi connectivity index (χ4v) is 6.58. The average Bonchev–Trinajstić information content (AvgIpc) is 4.17. The number of fused-ring (bicyclic) bond motifs is 2. The molecule has 8 rings (SSSR count). The predicted molar refractivity (Wildman–Crippen MR) is 282 cm³/mol. The third-order valence-corrected chi connectivity index (χ3v) is 9.97. The van der Waals surface area contributed by atoms with Gasteiger partial charge in [0.05, 0.1) is 66.7 Å². The van der Waals surface area contributed by atoms with Crippen LogP contribution in [0.1, 0.15) is 54.4 Å². The van der Waals surface area contributed by atoms with E-state index in [0.29, 0.717) is 85.5 Å². The second-order valence-corrected chi connectivity index (χ2v) is 19.4. The van der Waals surface area contributed by atoms with Crippen LogP contribution in [-0.4, -0.2) is 130 Å². The molecule has 0 fully saturated rings. The van der Waals surface area contributed by atoms with Crippen LogP contribution >= 0.6 is 43.5 Å². The molecule has 73 heavy (non-hydrogen) atoms. The molecular weight excluding hydrogens is 1100 g/mol. The molecule has 6 aromatic heterocycles. The van der Waals surface area contributed by atoms with E-state index in [0.717, 1.165) is 39.9 Å². The number of carbonyl (C=O) groups excluding carboxylic acids is 2. The summed E-state index contributed by atoms with van der Waals surface area (Å²) in [5.74, 6) is 1.84. The van der Waals surface area contributed by atoms with Crippen LogP contribution in [0.3, 0.4) is 0 Å². The number of nitrogens with zero attached hydrogens (tertiary/aromatic N) is 14. The third kappa shape index (κ3) is 18.1. The molecule has 1 aliphatic carbocycles. The number of benzene rings is 1. The highest BCUT2D eigenvalue weighted by molar-refractivity contribution is 9.09. The summed E-state index contributed by atoms with van der Waals surface area (Å²) in [6.07, 6.45) is 19.2. The standard InChI is InChI=1S/C23H28BrN9O3.C12H8BrClN5O.C11H20N4O2/c1-23(2,3)36-22(34)25-10-4-11-32-15-16(13-27-32)28-21-26-14-19-20(29-21)33(31-30-19)17-5-7-18(8-6-17)35-12-9-24;13-5-6-20-9-3-1-8(2-4-9)19-11-10(17-18-19)7-15-12(14)16-11;1-11(2,3)17-10(16)13-5-4-6-15-8-9(12)7-14-15/h5-8,13-15H,4,9-12H2,1-3H3,(H,25,34)(H,26,28,29);1-3,7H,5-6H2;7-8H,4-6,12H2,1-3H3,(H,13,16)/q;+1;. The largest absolute Gasteiger partial charge is 0.493 e. The first kappa shape index (κ1) is 55.0. The number of nitrogen functional groups attached to an aromatic ring is 1. The highest BCUT2D eigenvalue weighted by Gasteiger charge is 2.19. The number of aromatic nitrogens is 14. The lowest BCUT2D eigenvalue weighted by atomic mass is 10.2. The minimum absolute atomic E-state index is 0.155. The van der Waals surface area contributed by atoms with Crippen molar-refractivity contribution >= 4 is 101 Å². The summed E-state index contributed by atoms with van der Waals surface area (Å²) in [7, 11) is 0. The Morgan fingerprint density at radius 1 is 0.740 bits per heavy atom.